The Morgan fingerprint density at radius 3 is 1.51 bits per heavy atom. The maximum absolute atomic E-state index is 6.50. The fourth-order valence-electron chi connectivity index (χ4n) is 7.09. The van der Waals surface area contributed by atoms with Gasteiger partial charge in [-0.15, -0.1) is 0 Å². The van der Waals surface area contributed by atoms with Gasteiger partial charge in [-0.25, -0.2) is 15.0 Å². The monoisotopic (exact) mass is 651 g/mol. The van der Waals surface area contributed by atoms with Crippen molar-refractivity contribution in [2.75, 3.05) is 0 Å². The number of hydrogen-bond donors (Lipinski definition) is 0. The van der Waals surface area contributed by atoms with Crippen LogP contribution in [0.4, 0.5) is 0 Å². The molecule has 51 heavy (non-hydrogen) atoms. The minimum Gasteiger partial charge on any atom is -0.456 e. The Hall–Kier alpha value is -6.91. The van der Waals surface area contributed by atoms with E-state index in [0.717, 1.165) is 55.3 Å². The van der Waals surface area contributed by atoms with Crippen molar-refractivity contribution in [2.24, 2.45) is 0 Å². The second kappa shape index (κ2) is 11.9. The van der Waals surface area contributed by atoms with Crippen molar-refractivity contribution < 1.29 is 4.42 Å². The highest BCUT2D eigenvalue weighted by Crippen LogP contribution is 2.40. The summed E-state index contributed by atoms with van der Waals surface area (Å²) in [7, 11) is 0. The zero-order valence-corrected chi connectivity index (χ0v) is 27.5. The molecule has 10 rings (SSSR count). The van der Waals surface area contributed by atoms with Crippen molar-refractivity contribution in [3.63, 3.8) is 0 Å². The number of aromatic nitrogens is 3. The summed E-state index contributed by atoms with van der Waals surface area (Å²) in [6.07, 6.45) is 0. The molecular formula is C47H29N3O. The molecule has 0 fully saturated rings. The number of nitrogens with zero attached hydrogens (tertiary/aromatic N) is 3. The predicted molar refractivity (Wildman–Crippen MR) is 209 cm³/mol. The van der Waals surface area contributed by atoms with Crippen LogP contribution in [0.3, 0.4) is 0 Å². The normalized spacial score (nSPS) is 11.5. The average Bonchev–Trinajstić information content (AvgIpc) is 3.59. The minimum atomic E-state index is 0.594. The van der Waals surface area contributed by atoms with Crippen molar-refractivity contribution >= 4 is 43.5 Å². The van der Waals surface area contributed by atoms with Gasteiger partial charge < -0.3 is 4.42 Å². The standard InChI is InChI=1S/C47H29N3O/c1-2-12-33(13-3-1)45-48-46(34-22-18-32(19-23-34)37-24-20-30-10-4-6-14-35(30)26-37)50-47(49-45)41-28-39(38-25-21-31-11-5-7-15-36(31)27-38)29-43-44(41)40-16-8-9-17-42(40)51-43/h1-29H. The SMILES string of the molecule is c1ccc(-c2nc(-c3ccc(-c4ccc5ccccc5c4)cc3)nc(-c3cc(-c4ccc5ccccc5c4)cc4oc5ccccc5c34)n2)cc1. The van der Waals surface area contributed by atoms with Crippen LogP contribution >= 0.6 is 0 Å². The van der Waals surface area contributed by atoms with Crippen LogP contribution < -0.4 is 0 Å². The second-order valence-corrected chi connectivity index (χ2v) is 12.9. The summed E-state index contributed by atoms with van der Waals surface area (Å²) >= 11 is 0. The average molecular weight is 652 g/mol. The molecule has 0 aliphatic carbocycles. The molecule has 0 spiro atoms. The van der Waals surface area contributed by atoms with E-state index in [2.05, 4.69) is 127 Å². The van der Waals surface area contributed by atoms with Crippen LogP contribution in [0, 0.1) is 0 Å². The molecule has 0 saturated carbocycles. The molecule has 2 heterocycles. The first kappa shape index (κ1) is 29.0. The van der Waals surface area contributed by atoms with E-state index in [0.29, 0.717) is 17.5 Å². The van der Waals surface area contributed by atoms with Gasteiger partial charge in [0.1, 0.15) is 11.2 Å². The van der Waals surface area contributed by atoms with E-state index in [4.69, 9.17) is 19.4 Å². The Labute approximate surface area is 294 Å². The quantitative estimate of drug-likeness (QED) is 0.186. The first-order chi connectivity index (χ1) is 25.2. The molecular weight excluding hydrogens is 623 g/mol. The highest BCUT2D eigenvalue weighted by atomic mass is 16.3. The molecule has 0 unspecified atom stereocenters. The molecule has 0 amide bonds. The lowest BCUT2D eigenvalue weighted by Gasteiger charge is -2.12. The molecule has 238 valence electrons. The smallest absolute Gasteiger partial charge is 0.164 e. The van der Waals surface area contributed by atoms with Crippen molar-refractivity contribution in [1.29, 1.82) is 0 Å². The molecule has 8 aromatic carbocycles. The van der Waals surface area contributed by atoms with Gasteiger partial charge in [-0.3, -0.25) is 0 Å². The van der Waals surface area contributed by atoms with Crippen LogP contribution in [0.2, 0.25) is 0 Å². The fourth-order valence-corrected chi connectivity index (χ4v) is 7.09. The zero-order valence-electron chi connectivity index (χ0n) is 27.5. The highest BCUT2D eigenvalue weighted by molar-refractivity contribution is 6.13. The maximum Gasteiger partial charge on any atom is 0.164 e. The number of furan rings is 1. The van der Waals surface area contributed by atoms with Gasteiger partial charge in [-0.1, -0.05) is 146 Å². The summed E-state index contributed by atoms with van der Waals surface area (Å²) in [5.41, 5.74) is 8.79. The van der Waals surface area contributed by atoms with Gasteiger partial charge in [0.25, 0.3) is 0 Å². The van der Waals surface area contributed by atoms with E-state index in [1.165, 1.54) is 27.1 Å². The first-order valence-electron chi connectivity index (χ1n) is 17.1. The van der Waals surface area contributed by atoms with Crippen LogP contribution in [-0.4, -0.2) is 15.0 Å². The van der Waals surface area contributed by atoms with Gasteiger partial charge >= 0.3 is 0 Å². The number of fused-ring (bicyclic) bond motifs is 5. The molecule has 4 heteroatoms. The van der Waals surface area contributed by atoms with Crippen LogP contribution in [0.1, 0.15) is 0 Å². The lowest BCUT2D eigenvalue weighted by Crippen LogP contribution is -2.00. The third-order valence-electron chi connectivity index (χ3n) is 9.70. The molecule has 0 N–H and O–H groups in total. The van der Waals surface area contributed by atoms with Gasteiger partial charge in [-0.2, -0.15) is 0 Å². The summed E-state index contributed by atoms with van der Waals surface area (Å²) in [5.74, 6) is 1.82. The number of hydrogen-bond acceptors (Lipinski definition) is 4. The van der Waals surface area contributed by atoms with E-state index in [1.54, 1.807) is 0 Å². The Morgan fingerprint density at radius 2 is 0.824 bits per heavy atom. The molecule has 2 aromatic heterocycles. The predicted octanol–water partition coefficient (Wildman–Crippen LogP) is 12.4. The lowest BCUT2D eigenvalue weighted by atomic mass is 9.96. The van der Waals surface area contributed by atoms with E-state index >= 15 is 0 Å². The van der Waals surface area contributed by atoms with Gasteiger partial charge in [0.05, 0.1) is 0 Å². The largest absolute Gasteiger partial charge is 0.456 e. The van der Waals surface area contributed by atoms with Crippen molar-refractivity contribution in [1.82, 2.24) is 15.0 Å². The van der Waals surface area contributed by atoms with Crippen molar-refractivity contribution in [3.8, 4) is 56.4 Å². The molecule has 0 bridgehead atoms. The molecule has 0 saturated heterocycles. The van der Waals surface area contributed by atoms with Crippen LogP contribution in [0.25, 0.3) is 99.9 Å². The van der Waals surface area contributed by atoms with E-state index < -0.39 is 0 Å². The van der Waals surface area contributed by atoms with Gasteiger partial charge in [-0.05, 0) is 74.1 Å². The summed E-state index contributed by atoms with van der Waals surface area (Å²) in [6.45, 7) is 0. The van der Waals surface area contributed by atoms with Gasteiger partial charge in [0.2, 0.25) is 0 Å². The molecule has 0 radical (unpaired) electrons. The third kappa shape index (κ3) is 5.22. The molecule has 0 atom stereocenters. The number of rotatable bonds is 5. The Morgan fingerprint density at radius 1 is 0.314 bits per heavy atom. The first-order valence-corrected chi connectivity index (χ1v) is 17.1. The van der Waals surface area contributed by atoms with Crippen molar-refractivity contribution in [2.45, 2.75) is 0 Å². The van der Waals surface area contributed by atoms with Crippen LogP contribution in [-0.2, 0) is 0 Å². The van der Waals surface area contributed by atoms with Crippen LogP contribution in [0.5, 0.6) is 0 Å². The molecule has 4 nitrogen and oxygen atoms in total. The highest BCUT2D eigenvalue weighted by Gasteiger charge is 2.20. The number of para-hydroxylation sites is 1. The maximum atomic E-state index is 6.50. The van der Waals surface area contributed by atoms with Crippen molar-refractivity contribution in [3.05, 3.63) is 176 Å². The molecule has 10 aromatic rings. The van der Waals surface area contributed by atoms with Crippen LogP contribution in [0.15, 0.2) is 180 Å². The summed E-state index contributed by atoms with van der Waals surface area (Å²) in [6, 6.07) is 61.1. The second-order valence-electron chi connectivity index (χ2n) is 12.9. The number of benzene rings is 8. The van der Waals surface area contributed by atoms with E-state index in [-0.39, 0.29) is 0 Å². The lowest BCUT2D eigenvalue weighted by molar-refractivity contribution is 0.669. The third-order valence-corrected chi connectivity index (χ3v) is 9.70. The topological polar surface area (TPSA) is 51.8 Å². The molecule has 0 aliphatic rings. The summed E-state index contributed by atoms with van der Waals surface area (Å²) < 4.78 is 6.50. The summed E-state index contributed by atoms with van der Waals surface area (Å²) in [5, 5.41) is 6.84. The Kier molecular flexibility index (Phi) is 6.78. The van der Waals surface area contributed by atoms with Gasteiger partial charge in [0, 0.05) is 27.5 Å². The minimum absolute atomic E-state index is 0.594. The Balaban J connectivity index is 1.17. The molecule has 0 aliphatic heterocycles. The zero-order chi connectivity index (χ0) is 33.7. The Bertz CT molecular complexity index is 2910. The van der Waals surface area contributed by atoms with E-state index in [1.807, 2.05) is 48.5 Å². The van der Waals surface area contributed by atoms with Gasteiger partial charge in [0.15, 0.2) is 17.5 Å². The fraction of sp³-hybridized carbons (Fsp3) is 0. The van der Waals surface area contributed by atoms with E-state index in [9.17, 15) is 0 Å². The summed E-state index contributed by atoms with van der Waals surface area (Å²) in [4.78, 5) is 15.4.